The van der Waals surface area contributed by atoms with Gasteiger partial charge in [-0.1, -0.05) is 0 Å². The molecule has 0 aliphatic heterocycles. The summed E-state index contributed by atoms with van der Waals surface area (Å²) in [5.74, 6) is 2.35. The van der Waals surface area contributed by atoms with Gasteiger partial charge in [-0.2, -0.15) is 5.10 Å². The Balaban J connectivity index is 0.00000208. The highest BCUT2D eigenvalue weighted by Crippen LogP contribution is 2.06. The monoisotopic (exact) mass is 438 g/mol. The Kier molecular flexibility index (Phi) is 6.79. The summed E-state index contributed by atoms with van der Waals surface area (Å²) in [5, 5.41) is 10.6. The minimum absolute atomic E-state index is 0. The highest BCUT2D eigenvalue weighted by Gasteiger charge is 2.03. The van der Waals surface area contributed by atoms with Crippen molar-refractivity contribution in [2.75, 3.05) is 7.05 Å². The first-order chi connectivity index (χ1) is 11.3. The molecule has 0 fully saturated rings. The van der Waals surface area contributed by atoms with Crippen molar-refractivity contribution in [1.82, 2.24) is 25.4 Å². The molecule has 3 aromatic heterocycles. The topological polar surface area (TPSA) is 80.3 Å². The molecule has 3 heterocycles. The molecule has 24 heavy (non-hydrogen) atoms. The van der Waals surface area contributed by atoms with E-state index in [4.69, 9.17) is 4.42 Å². The third-order valence-corrected chi connectivity index (χ3v) is 3.24. The predicted octanol–water partition coefficient (Wildman–Crippen LogP) is 2.34. The van der Waals surface area contributed by atoms with E-state index in [1.165, 1.54) is 0 Å². The van der Waals surface area contributed by atoms with Crippen LogP contribution in [0.1, 0.15) is 11.3 Å². The van der Waals surface area contributed by atoms with Crippen molar-refractivity contribution in [3.05, 3.63) is 66.5 Å². The lowest BCUT2D eigenvalue weighted by atomic mass is 10.2. The van der Waals surface area contributed by atoms with Crippen molar-refractivity contribution in [3.63, 3.8) is 0 Å². The molecule has 0 aliphatic rings. The molecule has 2 N–H and O–H groups in total. The van der Waals surface area contributed by atoms with E-state index in [2.05, 4.69) is 25.7 Å². The van der Waals surface area contributed by atoms with Gasteiger partial charge in [0.25, 0.3) is 0 Å². The molecule has 126 valence electrons. The maximum atomic E-state index is 5.29. The van der Waals surface area contributed by atoms with E-state index in [0.29, 0.717) is 19.0 Å². The first-order valence-corrected chi connectivity index (χ1v) is 7.27. The molecule has 0 bridgehead atoms. The standard InChI is InChI=1S/C16H18N6O.HI/c1-17-16(20-12-14-4-2-9-23-14)19-11-13-5-7-18-15(10-13)22-8-3-6-21-22;/h2-10H,11-12H2,1H3,(H2,17,19,20);1H. The van der Waals surface area contributed by atoms with Crippen molar-refractivity contribution in [1.29, 1.82) is 0 Å². The quantitative estimate of drug-likeness (QED) is 0.363. The zero-order valence-corrected chi connectivity index (χ0v) is 15.5. The Hall–Kier alpha value is -2.36. The lowest BCUT2D eigenvalue weighted by Gasteiger charge is -2.11. The molecule has 0 radical (unpaired) electrons. The van der Waals surface area contributed by atoms with Crippen LogP contribution in [0.15, 0.2) is 64.6 Å². The van der Waals surface area contributed by atoms with E-state index in [-0.39, 0.29) is 24.0 Å². The summed E-state index contributed by atoms with van der Waals surface area (Å²) in [6.45, 7) is 1.22. The first-order valence-electron chi connectivity index (χ1n) is 7.27. The first kappa shape index (κ1) is 18.0. The van der Waals surface area contributed by atoms with Crippen LogP contribution in [0.2, 0.25) is 0 Å². The van der Waals surface area contributed by atoms with Gasteiger partial charge in [0.2, 0.25) is 0 Å². The van der Waals surface area contributed by atoms with Crippen LogP contribution in [-0.2, 0) is 13.1 Å². The summed E-state index contributed by atoms with van der Waals surface area (Å²) in [6.07, 6.45) is 7.02. The molecule has 0 amide bonds. The Morgan fingerprint density at radius 1 is 1.21 bits per heavy atom. The summed E-state index contributed by atoms with van der Waals surface area (Å²) in [7, 11) is 1.74. The van der Waals surface area contributed by atoms with Gasteiger partial charge in [0.15, 0.2) is 11.8 Å². The normalized spacial score (nSPS) is 11.0. The Labute approximate surface area is 157 Å². The number of pyridine rings is 1. The van der Waals surface area contributed by atoms with Crippen LogP contribution in [0.25, 0.3) is 5.82 Å². The van der Waals surface area contributed by atoms with Crippen LogP contribution in [0.5, 0.6) is 0 Å². The summed E-state index contributed by atoms with van der Waals surface area (Å²) in [6, 6.07) is 9.59. The predicted molar refractivity (Wildman–Crippen MR) is 103 cm³/mol. The Morgan fingerprint density at radius 3 is 2.79 bits per heavy atom. The molecule has 0 spiro atoms. The van der Waals surface area contributed by atoms with E-state index < -0.39 is 0 Å². The summed E-state index contributed by atoms with van der Waals surface area (Å²) in [4.78, 5) is 8.51. The molecule has 0 saturated heterocycles. The summed E-state index contributed by atoms with van der Waals surface area (Å²) < 4.78 is 7.01. The van der Waals surface area contributed by atoms with E-state index in [1.807, 2.05) is 36.5 Å². The van der Waals surface area contributed by atoms with Crippen molar-refractivity contribution in [2.24, 2.45) is 4.99 Å². The van der Waals surface area contributed by atoms with Gasteiger partial charge in [-0.25, -0.2) is 9.67 Å². The number of nitrogens with zero attached hydrogens (tertiary/aromatic N) is 4. The maximum Gasteiger partial charge on any atom is 0.191 e. The van der Waals surface area contributed by atoms with Crippen molar-refractivity contribution in [2.45, 2.75) is 13.1 Å². The zero-order valence-electron chi connectivity index (χ0n) is 13.2. The van der Waals surface area contributed by atoms with Gasteiger partial charge in [0.05, 0.1) is 12.8 Å². The van der Waals surface area contributed by atoms with Crippen molar-refractivity contribution < 1.29 is 4.42 Å². The number of nitrogens with one attached hydrogen (secondary N) is 2. The van der Waals surface area contributed by atoms with Gasteiger partial charge in [-0.05, 0) is 35.9 Å². The number of hydrogen-bond acceptors (Lipinski definition) is 4. The molecule has 0 aliphatic carbocycles. The van der Waals surface area contributed by atoms with Gasteiger partial charge in [0.1, 0.15) is 5.76 Å². The Morgan fingerprint density at radius 2 is 2.08 bits per heavy atom. The smallest absolute Gasteiger partial charge is 0.191 e. The van der Waals surface area contributed by atoms with Crippen LogP contribution in [-0.4, -0.2) is 27.8 Å². The fraction of sp³-hybridized carbons (Fsp3) is 0.188. The highest BCUT2D eigenvalue weighted by molar-refractivity contribution is 14.0. The molecular weight excluding hydrogens is 419 g/mol. The van der Waals surface area contributed by atoms with Crippen LogP contribution in [0, 0.1) is 0 Å². The van der Waals surface area contributed by atoms with Crippen molar-refractivity contribution in [3.8, 4) is 5.82 Å². The molecule has 0 saturated carbocycles. The van der Waals surface area contributed by atoms with Gasteiger partial charge in [-0.15, -0.1) is 24.0 Å². The molecule has 8 heteroatoms. The molecule has 3 rings (SSSR count). The van der Waals surface area contributed by atoms with Crippen molar-refractivity contribution >= 4 is 29.9 Å². The third kappa shape index (κ3) is 4.82. The molecule has 7 nitrogen and oxygen atoms in total. The summed E-state index contributed by atoms with van der Waals surface area (Å²) in [5.41, 5.74) is 1.09. The average molecular weight is 438 g/mol. The fourth-order valence-corrected chi connectivity index (χ4v) is 2.09. The molecule has 0 aromatic carbocycles. The SMILES string of the molecule is CN=C(NCc1ccnc(-n2cccn2)c1)NCc1ccco1.I. The number of rotatable bonds is 5. The molecule has 0 unspecified atom stereocenters. The minimum Gasteiger partial charge on any atom is -0.467 e. The minimum atomic E-state index is 0. The second-order valence-corrected chi connectivity index (χ2v) is 4.83. The van der Waals surface area contributed by atoms with Gasteiger partial charge in [0, 0.05) is 32.2 Å². The fourth-order valence-electron chi connectivity index (χ4n) is 2.09. The molecule has 3 aromatic rings. The average Bonchev–Trinajstić information content (AvgIpc) is 3.29. The Bertz CT molecular complexity index is 755. The lowest BCUT2D eigenvalue weighted by Crippen LogP contribution is -2.36. The molecule has 0 atom stereocenters. The van der Waals surface area contributed by atoms with Crippen LogP contribution < -0.4 is 10.6 Å². The van der Waals surface area contributed by atoms with E-state index >= 15 is 0 Å². The number of halogens is 1. The van der Waals surface area contributed by atoms with Crippen LogP contribution in [0.3, 0.4) is 0 Å². The maximum absolute atomic E-state index is 5.29. The number of guanidine groups is 1. The zero-order chi connectivity index (χ0) is 15.9. The van der Waals surface area contributed by atoms with Crippen LogP contribution in [0.4, 0.5) is 0 Å². The van der Waals surface area contributed by atoms with Gasteiger partial charge in [-0.3, -0.25) is 4.99 Å². The van der Waals surface area contributed by atoms with Gasteiger partial charge >= 0.3 is 0 Å². The third-order valence-electron chi connectivity index (χ3n) is 3.24. The van der Waals surface area contributed by atoms with E-state index in [0.717, 1.165) is 17.1 Å². The lowest BCUT2D eigenvalue weighted by molar-refractivity contribution is 0.501. The number of hydrogen-bond donors (Lipinski definition) is 2. The number of aromatic nitrogens is 3. The molecular formula is C16H19IN6O. The highest BCUT2D eigenvalue weighted by atomic mass is 127. The van der Waals surface area contributed by atoms with E-state index in [9.17, 15) is 0 Å². The van der Waals surface area contributed by atoms with Crippen LogP contribution >= 0.6 is 24.0 Å². The largest absolute Gasteiger partial charge is 0.467 e. The van der Waals surface area contributed by atoms with E-state index in [1.54, 1.807) is 30.4 Å². The van der Waals surface area contributed by atoms with Gasteiger partial charge < -0.3 is 15.1 Å². The number of furan rings is 1. The number of aliphatic imine (C=N–C) groups is 1. The second-order valence-electron chi connectivity index (χ2n) is 4.83. The second kappa shape index (κ2) is 9.06. The summed E-state index contributed by atoms with van der Waals surface area (Å²) >= 11 is 0.